The second-order valence-electron chi connectivity index (χ2n) is 4.11. The summed E-state index contributed by atoms with van der Waals surface area (Å²) in [6.07, 6.45) is 0.104. The SMILES string of the molecule is CC1=CCN(C(=O)[C@@H](C)CC(F)F)CC1. The van der Waals surface area contributed by atoms with Crippen LogP contribution in [0.3, 0.4) is 0 Å². The van der Waals surface area contributed by atoms with Gasteiger partial charge in [-0.15, -0.1) is 0 Å². The Morgan fingerprint density at radius 3 is 2.73 bits per heavy atom. The predicted molar refractivity (Wildman–Crippen MR) is 54.7 cm³/mol. The molecule has 0 aromatic carbocycles. The molecular formula is C11H17F2NO. The first-order valence-corrected chi connectivity index (χ1v) is 5.23. The molecule has 0 aromatic heterocycles. The van der Waals surface area contributed by atoms with E-state index < -0.39 is 12.3 Å². The normalized spacial score (nSPS) is 19.0. The van der Waals surface area contributed by atoms with Gasteiger partial charge in [0.15, 0.2) is 0 Å². The minimum atomic E-state index is -2.40. The van der Waals surface area contributed by atoms with Gasteiger partial charge in [0.05, 0.1) is 0 Å². The van der Waals surface area contributed by atoms with Gasteiger partial charge in [-0.25, -0.2) is 8.78 Å². The lowest BCUT2D eigenvalue weighted by molar-refractivity contribution is -0.135. The van der Waals surface area contributed by atoms with E-state index in [1.165, 1.54) is 5.57 Å². The quantitative estimate of drug-likeness (QED) is 0.665. The summed E-state index contributed by atoms with van der Waals surface area (Å²) in [7, 11) is 0. The van der Waals surface area contributed by atoms with E-state index in [-0.39, 0.29) is 12.3 Å². The summed E-state index contributed by atoms with van der Waals surface area (Å²) in [6.45, 7) is 4.82. The fraction of sp³-hybridized carbons (Fsp3) is 0.727. The minimum absolute atomic E-state index is 0.154. The second-order valence-corrected chi connectivity index (χ2v) is 4.11. The van der Waals surface area contributed by atoms with Crippen LogP contribution in [-0.2, 0) is 4.79 Å². The van der Waals surface area contributed by atoms with Gasteiger partial charge < -0.3 is 4.90 Å². The monoisotopic (exact) mass is 217 g/mol. The highest BCUT2D eigenvalue weighted by atomic mass is 19.3. The van der Waals surface area contributed by atoms with E-state index >= 15 is 0 Å². The maximum Gasteiger partial charge on any atom is 0.239 e. The predicted octanol–water partition coefficient (Wildman–Crippen LogP) is 2.46. The molecule has 1 heterocycles. The molecule has 0 unspecified atom stereocenters. The highest BCUT2D eigenvalue weighted by Gasteiger charge is 2.23. The Labute approximate surface area is 88.9 Å². The summed E-state index contributed by atoms with van der Waals surface area (Å²) in [5.41, 5.74) is 1.26. The largest absolute Gasteiger partial charge is 0.338 e. The Bertz CT molecular complexity index is 263. The van der Waals surface area contributed by atoms with E-state index in [2.05, 4.69) is 0 Å². The first kappa shape index (κ1) is 12.1. The van der Waals surface area contributed by atoms with Crippen LogP contribution < -0.4 is 0 Å². The van der Waals surface area contributed by atoms with Gasteiger partial charge in [0.2, 0.25) is 12.3 Å². The molecule has 1 amide bonds. The van der Waals surface area contributed by atoms with Gasteiger partial charge in [-0.1, -0.05) is 18.6 Å². The molecule has 0 radical (unpaired) electrons. The molecule has 0 aromatic rings. The Morgan fingerprint density at radius 1 is 1.60 bits per heavy atom. The topological polar surface area (TPSA) is 20.3 Å². The number of amides is 1. The van der Waals surface area contributed by atoms with Crippen molar-refractivity contribution in [2.75, 3.05) is 13.1 Å². The molecule has 1 atom stereocenters. The summed E-state index contributed by atoms with van der Waals surface area (Å²) >= 11 is 0. The van der Waals surface area contributed by atoms with Crippen LogP contribution in [0.15, 0.2) is 11.6 Å². The standard InChI is InChI=1S/C11H17F2NO/c1-8-3-5-14(6-4-8)11(15)9(2)7-10(12)13/h3,9-10H,4-7H2,1-2H3/t9-/m0/s1. The highest BCUT2D eigenvalue weighted by molar-refractivity contribution is 5.78. The van der Waals surface area contributed by atoms with Crippen LogP contribution in [0, 0.1) is 5.92 Å². The van der Waals surface area contributed by atoms with Crippen LogP contribution in [0.1, 0.15) is 26.7 Å². The van der Waals surface area contributed by atoms with Crippen LogP contribution in [0.25, 0.3) is 0 Å². The number of rotatable bonds is 3. The molecule has 0 saturated carbocycles. The van der Waals surface area contributed by atoms with Crippen molar-refractivity contribution in [3.63, 3.8) is 0 Å². The molecule has 0 bridgehead atoms. The molecular weight excluding hydrogens is 200 g/mol. The zero-order valence-corrected chi connectivity index (χ0v) is 9.17. The molecule has 86 valence electrons. The lowest BCUT2D eigenvalue weighted by Gasteiger charge is -2.28. The number of carbonyl (C=O) groups is 1. The van der Waals surface area contributed by atoms with Crippen LogP contribution in [0.4, 0.5) is 8.78 Å². The fourth-order valence-corrected chi connectivity index (χ4v) is 1.65. The summed E-state index contributed by atoms with van der Waals surface area (Å²) in [4.78, 5) is 13.4. The van der Waals surface area contributed by atoms with Crippen molar-refractivity contribution >= 4 is 5.91 Å². The molecule has 2 nitrogen and oxygen atoms in total. The van der Waals surface area contributed by atoms with Gasteiger partial charge in [-0.3, -0.25) is 4.79 Å². The Balaban J connectivity index is 2.47. The summed E-state index contributed by atoms with van der Waals surface area (Å²) in [5.74, 6) is -0.726. The second kappa shape index (κ2) is 5.24. The van der Waals surface area contributed by atoms with Gasteiger partial charge in [0, 0.05) is 25.4 Å². The molecule has 0 aliphatic carbocycles. The number of hydrogen-bond donors (Lipinski definition) is 0. The fourth-order valence-electron chi connectivity index (χ4n) is 1.65. The molecule has 1 aliphatic heterocycles. The van der Waals surface area contributed by atoms with Crippen LogP contribution in [0.5, 0.6) is 0 Å². The first-order chi connectivity index (χ1) is 7.00. The molecule has 4 heteroatoms. The number of carbonyl (C=O) groups excluding carboxylic acids is 1. The van der Waals surface area contributed by atoms with E-state index in [1.54, 1.807) is 11.8 Å². The maximum atomic E-state index is 12.1. The average molecular weight is 217 g/mol. The molecule has 0 spiro atoms. The van der Waals surface area contributed by atoms with Gasteiger partial charge in [-0.05, 0) is 13.3 Å². The van der Waals surface area contributed by atoms with Crippen molar-refractivity contribution in [2.24, 2.45) is 5.92 Å². The van der Waals surface area contributed by atoms with E-state index in [0.29, 0.717) is 13.1 Å². The molecule has 15 heavy (non-hydrogen) atoms. The van der Waals surface area contributed by atoms with Gasteiger partial charge in [0.25, 0.3) is 0 Å². The van der Waals surface area contributed by atoms with E-state index in [9.17, 15) is 13.6 Å². The number of hydrogen-bond acceptors (Lipinski definition) is 1. The Hall–Kier alpha value is -0.930. The smallest absolute Gasteiger partial charge is 0.239 e. The van der Waals surface area contributed by atoms with Crippen molar-refractivity contribution in [3.8, 4) is 0 Å². The average Bonchev–Trinajstić information content (AvgIpc) is 2.17. The third kappa shape index (κ3) is 3.61. The maximum absolute atomic E-state index is 12.1. The first-order valence-electron chi connectivity index (χ1n) is 5.23. The lowest BCUT2D eigenvalue weighted by atomic mass is 10.0. The highest BCUT2D eigenvalue weighted by Crippen LogP contribution is 2.16. The van der Waals surface area contributed by atoms with Crippen molar-refractivity contribution in [1.82, 2.24) is 4.90 Å². The van der Waals surface area contributed by atoms with Crippen molar-refractivity contribution < 1.29 is 13.6 Å². The van der Waals surface area contributed by atoms with Crippen LogP contribution in [-0.4, -0.2) is 30.3 Å². The van der Waals surface area contributed by atoms with Crippen molar-refractivity contribution in [1.29, 1.82) is 0 Å². The van der Waals surface area contributed by atoms with Crippen molar-refractivity contribution in [2.45, 2.75) is 33.1 Å². The van der Waals surface area contributed by atoms with Crippen molar-refractivity contribution in [3.05, 3.63) is 11.6 Å². The Morgan fingerprint density at radius 2 is 2.27 bits per heavy atom. The third-order valence-corrected chi connectivity index (χ3v) is 2.70. The lowest BCUT2D eigenvalue weighted by Crippen LogP contribution is -2.38. The van der Waals surface area contributed by atoms with Gasteiger partial charge in [-0.2, -0.15) is 0 Å². The van der Waals surface area contributed by atoms with Gasteiger partial charge >= 0.3 is 0 Å². The molecule has 0 fully saturated rings. The molecule has 0 N–H and O–H groups in total. The molecule has 1 rings (SSSR count). The molecule has 0 saturated heterocycles. The van der Waals surface area contributed by atoms with Crippen LogP contribution in [0.2, 0.25) is 0 Å². The number of nitrogens with zero attached hydrogens (tertiary/aromatic N) is 1. The zero-order valence-electron chi connectivity index (χ0n) is 9.17. The third-order valence-electron chi connectivity index (χ3n) is 2.70. The summed E-state index contributed by atoms with van der Waals surface area (Å²) in [5, 5.41) is 0. The summed E-state index contributed by atoms with van der Waals surface area (Å²) in [6, 6.07) is 0. The molecule has 1 aliphatic rings. The summed E-state index contributed by atoms with van der Waals surface area (Å²) < 4.78 is 24.2. The van der Waals surface area contributed by atoms with E-state index in [0.717, 1.165) is 6.42 Å². The van der Waals surface area contributed by atoms with E-state index in [1.807, 2.05) is 13.0 Å². The zero-order chi connectivity index (χ0) is 11.4. The van der Waals surface area contributed by atoms with Crippen LogP contribution >= 0.6 is 0 Å². The number of alkyl halides is 2. The Kier molecular flexibility index (Phi) is 4.24. The van der Waals surface area contributed by atoms with Gasteiger partial charge in [0.1, 0.15) is 0 Å². The minimum Gasteiger partial charge on any atom is -0.338 e. The number of halogens is 2. The van der Waals surface area contributed by atoms with E-state index in [4.69, 9.17) is 0 Å².